The smallest absolute Gasteiger partial charge is 0.141 e. The average molecular weight is 328 g/mol. The second kappa shape index (κ2) is 7.12. The highest BCUT2D eigenvalue weighted by Gasteiger charge is 2.11. The minimum Gasteiger partial charge on any atom is -0.487 e. The Hall–Kier alpha value is -1.29. The van der Waals surface area contributed by atoms with E-state index >= 15 is 0 Å². The van der Waals surface area contributed by atoms with Gasteiger partial charge in [-0.25, -0.2) is 4.39 Å². The van der Waals surface area contributed by atoms with Crippen LogP contribution in [-0.2, 0) is 13.0 Å². The molecule has 0 atom stereocenters. The molecule has 2 N–H and O–H groups in total. The van der Waals surface area contributed by atoms with Gasteiger partial charge in [-0.3, -0.25) is 0 Å². The fourth-order valence-electron chi connectivity index (χ4n) is 2.06. The van der Waals surface area contributed by atoms with Crippen LogP contribution in [0, 0.1) is 12.7 Å². The summed E-state index contributed by atoms with van der Waals surface area (Å²) in [5.41, 5.74) is 8.18. The fraction of sp³-hybridized carbons (Fsp3) is 0.250. The largest absolute Gasteiger partial charge is 0.487 e. The van der Waals surface area contributed by atoms with Gasteiger partial charge in [0, 0.05) is 5.02 Å². The summed E-state index contributed by atoms with van der Waals surface area (Å²) in [4.78, 5) is 0. The van der Waals surface area contributed by atoms with Crippen LogP contribution in [0.25, 0.3) is 0 Å². The van der Waals surface area contributed by atoms with Gasteiger partial charge in [-0.15, -0.1) is 0 Å². The third kappa shape index (κ3) is 4.10. The van der Waals surface area contributed by atoms with Crippen molar-refractivity contribution in [3.05, 3.63) is 62.9 Å². The first-order valence-electron chi connectivity index (χ1n) is 6.57. The van der Waals surface area contributed by atoms with E-state index in [1.807, 2.05) is 6.92 Å². The molecule has 0 spiro atoms. The Morgan fingerprint density at radius 3 is 2.62 bits per heavy atom. The van der Waals surface area contributed by atoms with E-state index in [9.17, 15) is 4.39 Å². The normalized spacial score (nSPS) is 10.7. The van der Waals surface area contributed by atoms with Crippen LogP contribution >= 0.6 is 23.2 Å². The van der Waals surface area contributed by atoms with Crippen molar-refractivity contribution in [3.63, 3.8) is 0 Å². The Morgan fingerprint density at radius 2 is 1.90 bits per heavy atom. The van der Waals surface area contributed by atoms with Crippen molar-refractivity contribution in [2.75, 3.05) is 6.54 Å². The van der Waals surface area contributed by atoms with Crippen LogP contribution in [0.3, 0.4) is 0 Å². The van der Waals surface area contributed by atoms with Crippen molar-refractivity contribution in [2.24, 2.45) is 5.73 Å². The quantitative estimate of drug-likeness (QED) is 0.876. The molecule has 0 unspecified atom stereocenters. The number of hydrogen-bond donors (Lipinski definition) is 1. The molecule has 21 heavy (non-hydrogen) atoms. The molecule has 2 aromatic rings. The molecule has 0 aliphatic carbocycles. The molecule has 0 heterocycles. The molecule has 112 valence electrons. The summed E-state index contributed by atoms with van der Waals surface area (Å²) in [7, 11) is 0. The monoisotopic (exact) mass is 327 g/mol. The average Bonchev–Trinajstić information content (AvgIpc) is 2.41. The first-order chi connectivity index (χ1) is 10.0. The zero-order valence-electron chi connectivity index (χ0n) is 11.6. The zero-order chi connectivity index (χ0) is 15.4. The fourth-order valence-corrected chi connectivity index (χ4v) is 2.65. The van der Waals surface area contributed by atoms with Gasteiger partial charge in [0.2, 0.25) is 0 Å². The highest BCUT2D eigenvalue weighted by molar-refractivity contribution is 6.35. The maximum absolute atomic E-state index is 13.3. The van der Waals surface area contributed by atoms with Crippen molar-refractivity contribution in [2.45, 2.75) is 20.0 Å². The van der Waals surface area contributed by atoms with Crippen molar-refractivity contribution < 1.29 is 9.13 Å². The highest BCUT2D eigenvalue weighted by Crippen LogP contribution is 2.33. The summed E-state index contributed by atoms with van der Waals surface area (Å²) in [5, 5.41) is 0.970. The van der Waals surface area contributed by atoms with Crippen molar-refractivity contribution in [3.8, 4) is 5.75 Å². The summed E-state index contributed by atoms with van der Waals surface area (Å²) < 4.78 is 19.1. The summed E-state index contributed by atoms with van der Waals surface area (Å²) in [6, 6.07) is 8.01. The van der Waals surface area contributed by atoms with Gasteiger partial charge in [-0.2, -0.15) is 0 Å². The van der Waals surface area contributed by atoms with E-state index in [1.54, 1.807) is 18.2 Å². The molecule has 0 aliphatic heterocycles. The number of aryl methyl sites for hydroxylation is 1. The Bertz CT molecular complexity index is 646. The van der Waals surface area contributed by atoms with Gasteiger partial charge in [0.25, 0.3) is 0 Å². The van der Waals surface area contributed by atoms with Crippen LogP contribution in [0.15, 0.2) is 30.3 Å². The lowest BCUT2D eigenvalue weighted by Crippen LogP contribution is -2.06. The standard InChI is InChI=1S/C16H16Cl2FNO/c1-10-2-3-14(19)7-12(10)9-21-16-11(4-5-20)6-13(17)8-15(16)18/h2-3,6-8H,4-5,9,20H2,1H3. The molecule has 0 aromatic heterocycles. The van der Waals surface area contributed by atoms with Crippen LogP contribution in [0.1, 0.15) is 16.7 Å². The van der Waals surface area contributed by atoms with Crippen LogP contribution in [0.2, 0.25) is 10.0 Å². The van der Waals surface area contributed by atoms with Crippen molar-refractivity contribution in [1.29, 1.82) is 0 Å². The lowest BCUT2D eigenvalue weighted by molar-refractivity contribution is 0.302. The Balaban J connectivity index is 2.25. The molecule has 0 radical (unpaired) electrons. The number of benzene rings is 2. The molecular weight excluding hydrogens is 312 g/mol. The van der Waals surface area contributed by atoms with Gasteiger partial charge >= 0.3 is 0 Å². The third-order valence-corrected chi connectivity index (χ3v) is 3.68. The molecule has 2 aromatic carbocycles. The van der Waals surface area contributed by atoms with Crippen LogP contribution in [0.5, 0.6) is 5.75 Å². The zero-order valence-corrected chi connectivity index (χ0v) is 13.1. The summed E-state index contributed by atoms with van der Waals surface area (Å²) in [5.74, 6) is 0.263. The molecule has 0 fully saturated rings. The Labute approximate surface area is 133 Å². The van der Waals surface area contributed by atoms with Gasteiger partial charge in [-0.05, 0) is 60.8 Å². The van der Waals surface area contributed by atoms with Crippen molar-refractivity contribution in [1.82, 2.24) is 0 Å². The van der Waals surface area contributed by atoms with Crippen LogP contribution in [-0.4, -0.2) is 6.54 Å². The molecule has 0 saturated carbocycles. The topological polar surface area (TPSA) is 35.2 Å². The second-order valence-electron chi connectivity index (χ2n) is 4.77. The predicted molar refractivity (Wildman–Crippen MR) is 84.7 cm³/mol. The maximum atomic E-state index is 13.3. The van der Waals surface area contributed by atoms with Crippen LogP contribution < -0.4 is 10.5 Å². The lowest BCUT2D eigenvalue weighted by Gasteiger charge is -2.14. The van der Waals surface area contributed by atoms with E-state index < -0.39 is 0 Å². The van der Waals surface area contributed by atoms with Gasteiger partial charge in [0.15, 0.2) is 0 Å². The molecule has 2 nitrogen and oxygen atoms in total. The third-order valence-electron chi connectivity index (χ3n) is 3.18. The SMILES string of the molecule is Cc1ccc(F)cc1COc1c(Cl)cc(Cl)cc1CCN. The maximum Gasteiger partial charge on any atom is 0.141 e. The molecule has 0 amide bonds. The Morgan fingerprint density at radius 1 is 1.14 bits per heavy atom. The summed E-state index contributed by atoms with van der Waals surface area (Å²) in [6.45, 7) is 2.61. The summed E-state index contributed by atoms with van der Waals surface area (Å²) in [6.07, 6.45) is 0.609. The van der Waals surface area contributed by atoms with Gasteiger partial charge < -0.3 is 10.5 Å². The lowest BCUT2D eigenvalue weighted by atomic mass is 10.1. The van der Waals surface area contributed by atoms with Gasteiger partial charge in [-0.1, -0.05) is 29.3 Å². The second-order valence-corrected chi connectivity index (χ2v) is 5.62. The number of ether oxygens (including phenoxy) is 1. The number of rotatable bonds is 5. The Kier molecular flexibility index (Phi) is 5.45. The minimum atomic E-state index is -0.288. The van der Waals surface area contributed by atoms with E-state index in [0.29, 0.717) is 28.8 Å². The molecule has 0 bridgehead atoms. The molecular formula is C16H16Cl2FNO. The highest BCUT2D eigenvalue weighted by atomic mass is 35.5. The van der Waals surface area contributed by atoms with E-state index in [-0.39, 0.29) is 12.4 Å². The van der Waals surface area contributed by atoms with Crippen LogP contribution in [0.4, 0.5) is 4.39 Å². The molecule has 2 rings (SSSR count). The molecule has 0 saturated heterocycles. The number of halogens is 3. The van der Waals surface area contributed by atoms with E-state index in [2.05, 4.69) is 0 Å². The first-order valence-corrected chi connectivity index (χ1v) is 7.32. The summed E-state index contributed by atoms with van der Waals surface area (Å²) >= 11 is 12.2. The minimum absolute atomic E-state index is 0.239. The number of hydrogen-bond acceptors (Lipinski definition) is 2. The van der Waals surface area contributed by atoms with E-state index in [1.165, 1.54) is 12.1 Å². The number of nitrogens with two attached hydrogens (primary N) is 1. The van der Waals surface area contributed by atoms with Gasteiger partial charge in [0.05, 0.1) is 5.02 Å². The predicted octanol–water partition coefficient (Wildman–Crippen LogP) is 4.52. The van der Waals surface area contributed by atoms with Gasteiger partial charge in [0.1, 0.15) is 18.2 Å². The van der Waals surface area contributed by atoms with E-state index in [0.717, 1.165) is 16.7 Å². The molecule has 0 aliphatic rings. The van der Waals surface area contributed by atoms with Crippen molar-refractivity contribution >= 4 is 23.2 Å². The first kappa shape index (κ1) is 16.1. The molecule has 5 heteroatoms. The van der Waals surface area contributed by atoms with E-state index in [4.69, 9.17) is 33.7 Å².